The van der Waals surface area contributed by atoms with Crippen LogP contribution in [0.1, 0.15) is 31.2 Å². The first-order valence-electron chi connectivity index (χ1n) is 8.89. The van der Waals surface area contributed by atoms with Crippen molar-refractivity contribution in [3.8, 4) is 5.75 Å². The zero-order valence-corrected chi connectivity index (χ0v) is 14.7. The van der Waals surface area contributed by atoms with Crippen LogP contribution in [0.15, 0.2) is 24.3 Å². The average Bonchev–Trinajstić information content (AvgIpc) is 3.23. The van der Waals surface area contributed by atoms with Crippen molar-refractivity contribution in [3.63, 3.8) is 0 Å². The van der Waals surface area contributed by atoms with Crippen LogP contribution in [0.3, 0.4) is 0 Å². The summed E-state index contributed by atoms with van der Waals surface area (Å²) in [5.74, 6) is 0.937. The molecule has 0 bridgehead atoms. The molecule has 1 aromatic carbocycles. The predicted octanol–water partition coefficient (Wildman–Crippen LogP) is 2.30. The largest absolute Gasteiger partial charge is 0.497 e. The highest BCUT2D eigenvalue weighted by molar-refractivity contribution is 5.78. The van der Waals surface area contributed by atoms with Gasteiger partial charge in [0.2, 0.25) is 5.91 Å². The highest BCUT2D eigenvalue weighted by Gasteiger charge is 2.38. The average molecular weight is 332 g/mol. The van der Waals surface area contributed by atoms with Crippen molar-refractivity contribution in [1.82, 2.24) is 9.80 Å². The molecule has 0 N–H and O–H groups in total. The van der Waals surface area contributed by atoms with Gasteiger partial charge in [-0.1, -0.05) is 12.1 Å². The van der Waals surface area contributed by atoms with Crippen LogP contribution >= 0.6 is 0 Å². The normalized spacial score (nSPS) is 24.5. The van der Waals surface area contributed by atoms with E-state index >= 15 is 0 Å². The Balaban J connectivity index is 1.50. The molecule has 132 valence electrons. The number of carbonyl (C=O) groups is 1. The molecule has 2 aliphatic heterocycles. The maximum atomic E-state index is 12.6. The number of hydrogen-bond donors (Lipinski definition) is 0. The van der Waals surface area contributed by atoms with E-state index in [4.69, 9.17) is 9.47 Å². The van der Waals surface area contributed by atoms with Gasteiger partial charge in [-0.3, -0.25) is 4.79 Å². The SMILES string of the molecule is COc1cccc(COCC(=O)N2CCC[C@@H]2[C@H]2CCCN2C)c1. The summed E-state index contributed by atoms with van der Waals surface area (Å²) in [6.07, 6.45) is 4.68. The molecule has 0 spiro atoms. The van der Waals surface area contributed by atoms with E-state index in [0.717, 1.165) is 37.2 Å². The molecule has 0 saturated carbocycles. The van der Waals surface area contributed by atoms with Crippen molar-refractivity contribution >= 4 is 5.91 Å². The number of ether oxygens (including phenoxy) is 2. The highest BCUT2D eigenvalue weighted by atomic mass is 16.5. The quantitative estimate of drug-likeness (QED) is 0.802. The molecule has 3 rings (SSSR count). The monoisotopic (exact) mass is 332 g/mol. The minimum atomic E-state index is 0.126. The van der Waals surface area contributed by atoms with E-state index in [9.17, 15) is 4.79 Å². The van der Waals surface area contributed by atoms with Crippen molar-refractivity contribution in [2.75, 3.05) is 33.9 Å². The van der Waals surface area contributed by atoms with Gasteiger partial charge >= 0.3 is 0 Å². The lowest BCUT2D eigenvalue weighted by atomic mass is 10.0. The molecule has 1 amide bonds. The van der Waals surface area contributed by atoms with Crippen LogP contribution in [0.2, 0.25) is 0 Å². The molecular formula is C19H28N2O3. The summed E-state index contributed by atoms with van der Waals surface area (Å²) in [6.45, 7) is 2.61. The maximum Gasteiger partial charge on any atom is 0.248 e. The van der Waals surface area contributed by atoms with E-state index in [-0.39, 0.29) is 12.5 Å². The Kier molecular flexibility index (Phi) is 5.74. The first kappa shape index (κ1) is 17.2. The first-order valence-corrected chi connectivity index (χ1v) is 8.89. The van der Waals surface area contributed by atoms with E-state index in [1.165, 1.54) is 12.8 Å². The Labute approximate surface area is 144 Å². The highest BCUT2D eigenvalue weighted by Crippen LogP contribution is 2.29. The Morgan fingerprint density at radius 2 is 2.00 bits per heavy atom. The molecule has 24 heavy (non-hydrogen) atoms. The molecule has 1 aromatic rings. The fourth-order valence-corrected chi connectivity index (χ4v) is 4.03. The van der Waals surface area contributed by atoms with E-state index in [0.29, 0.717) is 18.7 Å². The van der Waals surface area contributed by atoms with Crippen LogP contribution in [-0.2, 0) is 16.1 Å². The van der Waals surface area contributed by atoms with Crippen molar-refractivity contribution < 1.29 is 14.3 Å². The summed E-state index contributed by atoms with van der Waals surface area (Å²) in [5, 5.41) is 0. The Hall–Kier alpha value is -1.59. The molecule has 0 unspecified atom stereocenters. The zero-order valence-electron chi connectivity index (χ0n) is 14.7. The third-order valence-corrected chi connectivity index (χ3v) is 5.27. The van der Waals surface area contributed by atoms with Crippen LogP contribution < -0.4 is 4.74 Å². The predicted molar refractivity (Wildman–Crippen MR) is 93.0 cm³/mol. The van der Waals surface area contributed by atoms with E-state index < -0.39 is 0 Å². The lowest BCUT2D eigenvalue weighted by Gasteiger charge is -2.33. The van der Waals surface area contributed by atoms with Crippen LogP contribution in [0.25, 0.3) is 0 Å². The minimum absolute atomic E-state index is 0.126. The summed E-state index contributed by atoms with van der Waals surface area (Å²) in [7, 11) is 3.83. The van der Waals surface area contributed by atoms with Crippen LogP contribution in [0.5, 0.6) is 5.75 Å². The second-order valence-corrected chi connectivity index (χ2v) is 6.83. The molecular weight excluding hydrogens is 304 g/mol. The van der Waals surface area contributed by atoms with E-state index in [1.807, 2.05) is 24.3 Å². The van der Waals surface area contributed by atoms with E-state index in [1.54, 1.807) is 7.11 Å². The van der Waals surface area contributed by atoms with Crippen molar-refractivity contribution in [2.24, 2.45) is 0 Å². The third kappa shape index (κ3) is 3.90. The Bertz CT molecular complexity index is 563. The topological polar surface area (TPSA) is 42.0 Å². The summed E-state index contributed by atoms with van der Waals surface area (Å²) in [5.41, 5.74) is 1.02. The number of methoxy groups -OCH3 is 1. The number of nitrogens with zero attached hydrogens (tertiary/aromatic N) is 2. The zero-order chi connectivity index (χ0) is 16.9. The smallest absolute Gasteiger partial charge is 0.248 e. The van der Waals surface area contributed by atoms with Crippen LogP contribution in [0.4, 0.5) is 0 Å². The molecule has 0 radical (unpaired) electrons. The van der Waals surface area contributed by atoms with Crippen molar-refractivity contribution in [1.29, 1.82) is 0 Å². The Morgan fingerprint density at radius 1 is 1.21 bits per heavy atom. The maximum absolute atomic E-state index is 12.6. The van der Waals surface area contributed by atoms with Gasteiger partial charge in [-0.15, -0.1) is 0 Å². The lowest BCUT2D eigenvalue weighted by molar-refractivity contribution is -0.138. The number of amides is 1. The van der Waals surface area contributed by atoms with Gasteiger partial charge in [0.25, 0.3) is 0 Å². The number of likely N-dealkylation sites (tertiary alicyclic amines) is 2. The second-order valence-electron chi connectivity index (χ2n) is 6.83. The summed E-state index contributed by atoms with van der Waals surface area (Å²) < 4.78 is 10.9. The van der Waals surface area contributed by atoms with Gasteiger partial charge in [0, 0.05) is 18.6 Å². The third-order valence-electron chi connectivity index (χ3n) is 5.27. The van der Waals surface area contributed by atoms with Crippen LogP contribution in [-0.4, -0.2) is 61.6 Å². The Morgan fingerprint density at radius 3 is 2.75 bits per heavy atom. The van der Waals surface area contributed by atoms with Gasteiger partial charge in [-0.25, -0.2) is 0 Å². The molecule has 2 heterocycles. The van der Waals surface area contributed by atoms with Gasteiger partial charge in [0.15, 0.2) is 0 Å². The minimum Gasteiger partial charge on any atom is -0.497 e. The number of benzene rings is 1. The summed E-state index contributed by atoms with van der Waals surface area (Å²) >= 11 is 0. The molecule has 2 aliphatic rings. The van der Waals surface area contributed by atoms with Crippen molar-refractivity contribution in [2.45, 2.75) is 44.4 Å². The van der Waals surface area contributed by atoms with Crippen LogP contribution in [0, 0.1) is 0 Å². The first-order chi connectivity index (χ1) is 11.7. The van der Waals surface area contributed by atoms with Gasteiger partial charge < -0.3 is 19.3 Å². The number of rotatable bonds is 6. The second kappa shape index (κ2) is 7.99. The fourth-order valence-electron chi connectivity index (χ4n) is 4.03. The molecule has 5 nitrogen and oxygen atoms in total. The number of likely N-dealkylation sites (N-methyl/N-ethyl adjacent to an activating group) is 1. The lowest BCUT2D eigenvalue weighted by Crippen LogP contribution is -2.48. The molecule has 0 aliphatic carbocycles. The summed E-state index contributed by atoms with van der Waals surface area (Å²) in [6, 6.07) is 8.66. The number of carbonyl (C=O) groups excluding carboxylic acids is 1. The number of hydrogen-bond acceptors (Lipinski definition) is 4. The van der Waals surface area contributed by atoms with Gasteiger partial charge in [0.05, 0.1) is 13.7 Å². The molecule has 2 fully saturated rings. The standard InChI is InChI=1S/C19H28N2O3/c1-20-10-4-8-17(20)18-9-5-11-21(18)19(22)14-24-13-15-6-3-7-16(12-15)23-2/h3,6-7,12,17-18H,4-5,8-11,13-14H2,1-2H3/t17-,18-/m1/s1. The summed E-state index contributed by atoms with van der Waals surface area (Å²) in [4.78, 5) is 17.1. The molecule has 5 heteroatoms. The fraction of sp³-hybridized carbons (Fsp3) is 0.632. The van der Waals surface area contributed by atoms with Gasteiger partial charge in [0.1, 0.15) is 12.4 Å². The van der Waals surface area contributed by atoms with Gasteiger partial charge in [-0.2, -0.15) is 0 Å². The molecule has 0 aromatic heterocycles. The molecule has 2 saturated heterocycles. The van der Waals surface area contributed by atoms with Gasteiger partial charge in [-0.05, 0) is 57.0 Å². The van der Waals surface area contributed by atoms with Crippen molar-refractivity contribution in [3.05, 3.63) is 29.8 Å². The van der Waals surface area contributed by atoms with E-state index in [2.05, 4.69) is 16.8 Å². The molecule has 2 atom stereocenters.